The van der Waals surface area contributed by atoms with Gasteiger partial charge in [-0.15, -0.1) is 11.8 Å². The highest BCUT2D eigenvalue weighted by molar-refractivity contribution is 8.02. The lowest BCUT2D eigenvalue weighted by atomic mass is 10.2. The Hall–Kier alpha value is -1.25. The molecule has 0 bridgehead atoms. The highest BCUT2D eigenvalue weighted by atomic mass is 35.5. The first-order valence-electron chi connectivity index (χ1n) is 6.52. The van der Waals surface area contributed by atoms with Crippen molar-refractivity contribution in [1.29, 1.82) is 0 Å². The Balaban J connectivity index is 1.73. The Bertz CT molecular complexity index is 678. The predicted octanol–water partition coefficient (Wildman–Crippen LogP) is 1.02. The summed E-state index contributed by atoms with van der Waals surface area (Å²) < 4.78 is 22.6. The molecule has 1 aliphatic heterocycles. The minimum Gasteiger partial charge on any atom is -0.272 e. The number of benzene rings is 1. The first-order chi connectivity index (χ1) is 10.4. The van der Waals surface area contributed by atoms with Gasteiger partial charge in [-0.25, -0.2) is 8.42 Å². The number of sulfone groups is 1. The number of rotatable bonds is 4. The number of nitrogens with one attached hydrogen (secondary N) is 2. The smallest absolute Gasteiger partial charge is 0.269 e. The SMILES string of the molecule is O=C(CS[C@@H]1CCS(=O)(=O)C1)NNC(=O)c1cccc(Cl)c1. The van der Waals surface area contributed by atoms with Gasteiger partial charge in [0.15, 0.2) is 9.84 Å². The summed E-state index contributed by atoms with van der Waals surface area (Å²) in [6.07, 6.45) is 0.565. The molecule has 1 fully saturated rings. The van der Waals surface area contributed by atoms with Crippen molar-refractivity contribution < 1.29 is 18.0 Å². The number of hydrogen-bond donors (Lipinski definition) is 2. The van der Waals surface area contributed by atoms with E-state index in [4.69, 9.17) is 11.6 Å². The van der Waals surface area contributed by atoms with Crippen molar-refractivity contribution in [3.63, 3.8) is 0 Å². The standard InChI is InChI=1S/C13H15ClN2O4S2/c14-10-3-1-2-9(6-10)13(18)16-15-12(17)7-21-11-4-5-22(19,20)8-11/h1-3,6,11H,4-5,7-8H2,(H,15,17)(H,16,18)/t11-/m1/s1. The third-order valence-electron chi connectivity index (χ3n) is 3.04. The number of carbonyl (C=O) groups is 2. The zero-order valence-corrected chi connectivity index (χ0v) is 13.9. The molecule has 1 saturated heterocycles. The Kier molecular flexibility index (Phi) is 5.71. The molecule has 6 nitrogen and oxygen atoms in total. The summed E-state index contributed by atoms with van der Waals surface area (Å²) in [5.41, 5.74) is 4.92. The lowest BCUT2D eigenvalue weighted by molar-refractivity contribution is -0.119. The fraction of sp³-hybridized carbons (Fsp3) is 0.385. The van der Waals surface area contributed by atoms with Crippen LogP contribution in [0.3, 0.4) is 0 Å². The molecule has 0 unspecified atom stereocenters. The van der Waals surface area contributed by atoms with E-state index >= 15 is 0 Å². The second kappa shape index (κ2) is 7.34. The zero-order chi connectivity index (χ0) is 16.2. The van der Waals surface area contributed by atoms with Crippen LogP contribution in [0.15, 0.2) is 24.3 Å². The second-order valence-electron chi connectivity index (χ2n) is 4.85. The number of carbonyl (C=O) groups excluding carboxylic acids is 2. The minimum atomic E-state index is -2.94. The average molecular weight is 363 g/mol. The molecule has 2 rings (SSSR count). The number of thioether (sulfide) groups is 1. The van der Waals surface area contributed by atoms with E-state index in [0.717, 1.165) is 0 Å². The van der Waals surface area contributed by atoms with Crippen molar-refractivity contribution in [3.8, 4) is 0 Å². The summed E-state index contributed by atoms with van der Waals surface area (Å²) in [6, 6.07) is 6.34. The van der Waals surface area contributed by atoms with Crippen LogP contribution in [0.4, 0.5) is 0 Å². The fourth-order valence-corrected chi connectivity index (χ4v) is 5.58. The molecular formula is C13H15ClN2O4S2. The number of amides is 2. The Morgan fingerprint density at radius 1 is 1.32 bits per heavy atom. The summed E-state index contributed by atoms with van der Waals surface area (Å²) in [5.74, 6) is -0.470. The third kappa shape index (κ3) is 5.19. The predicted molar refractivity (Wildman–Crippen MR) is 86.6 cm³/mol. The molecule has 0 aliphatic carbocycles. The van der Waals surface area contributed by atoms with Gasteiger partial charge in [0.2, 0.25) is 5.91 Å². The Morgan fingerprint density at radius 2 is 2.09 bits per heavy atom. The van der Waals surface area contributed by atoms with Crippen LogP contribution >= 0.6 is 23.4 Å². The van der Waals surface area contributed by atoms with Crippen molar-refractivity contribution in [2.75, 3.05) is 17.3 Å². The summed E-state index contributed by atoms with van der Waals surface area (Å²) in [5, 5.41) is 0.372. The van der Waals surface area contributed by atoms with Gasteiger partial charge in [-0.2, -0.15) is 0 Å². The molecule has 120 valence electrons. The van der Waals surface area contributed by atoms with Crippen molar-refractivity contribution in [1.82, 2.24) is 10.9 Å². The molecule has 9 heteroatoms. The monoisotopic (exact) mass is 362 g/mol. The number of hydrogen-bond acceptors (Lipinski definition) is 5. The number of halogens is 1. The van der Waals surface area contributed by atoms with E-state index < -0.39 is 15.7 Å². The van der Waals surface area contributed by atoms with Crippen LogP contribution in [0.1, 0.15) is 16.8 Å². The molecule has 2 amide bonds. The van der Waals surface area contributed by atoms with Crippen molar-refractivity contribution in [2.24, 2.45) is 0 Å². The molecule has 0 aromatic heterocycles. The van der Waals surface area contributed by atoms with Crippen LogP contribution in [0.2, 0.25) is 5.02 Å². The maximum Gasteiger partial charge on any atom is 0.269 e. The molecule has 2 N–H and O–H groups in total. The lowest BCUT2D eigenvalue weighted by Crippen LogP contribution is -2.42. The molecule has 1 heterocycles. The largest absolute Gasteiger partial charge is 0.272 e. The molecule has 1 aromatic carbocycles. The van der Waals surface area contributed by atoms with Crippen LogP contribution in [0, 0.1) is 0 Å². The van der Waals surface area contributed by atoms with Gasteiger partial charge in [0.25, 0.3) is 5.91 Å². The van der Waals surface area contributed by atoms with Gasteiger partial charge < -0.3 is 0 Å². The normalized spacial score (nSPS) is 19.6. The van der Waals surface area contributed by atoms with Crippen LogP contribution in [-0.4, -0.2) is 42.7 Å². The maximum absolute atomic E-state index is 11.8. The van der Waals surface area contributed by atoms with Crippen molar-refractivity contribution in [2.45, 2.75) is 11.7 Å². The van der Waals surface area contributed by atoms with E-state index in [0.29, 0.717) is 17.0 Å². The van der Waals surface area contributed by atoms with Gasteiger partial charge in [-0.1, -0.05) is 17.7 Å². The van der Waals surface area contributed by atoms with Gasteiger partial charge in [0.05, 0.1) is 17.3 Å². The van der Waals surface area contributed by atoms with E-state index in [1.54, 1.807) is 18.2 Å². The molecule has 22 heavy (non-hydrogen) atoms. The van der Waals surface area contributed by atoms with Gasteiger partial charge in [-0.05, 0) is 24.6 Å². The van der Waals surface area contributed by atoms with E-state index in [1.165, 1.54) is 17.8 Å². The molecule has 0 saturated carbocycles. The molecule has 1 atom stereocenters. The summed E-state index contributed by atoms with van der Waals surface area (Å²) in [4.78, 5) is 23.4. The van der Waals surface area contributed by atoms with Crippen molar-refractivity contribution >= 4 is 45.0 Å². The Labute approximate surface area is 137 Å². The van der Waals surface area contributed by atoms with E-state index in [1.807, 2.05) is 0 Å². The molecule has 1 aromatic rings. The van der Waals surface area contributed by atoms with Gasteiger partial charge in [0.1, 0.15) is 0 Å². The van der Waals surface area contributed by atoms with E-state index in [2.05, 4.69) is 10.9 Å². The lowest BCUT2D eigenvalue weighted by Gasteiger charge is -2.09. The molecule has 1 aliphatic rings. The summed E-state index contributed by atoms with van der Waals surface area (Å²) >= 11 is 7.06. The van der Waals surface area contributed by atoms with Crippen molar-refractivity contribution in [3.05, 3.63) is 34.9 Å². The molecule has 0 spiro atoms. The zero-order valence-electron chi connectivity index (χ0n) is 11.5. The van der Waals surface area contributed by atoms with Crippen LogP contribution in [0.25, 0.3) is 0 Å². The van der Waals surface area contributed by atoms with Gasteiger partial charge in [0, 0.05) is 15.8 Å². The Morgan fingerprint density at radius 3 is 2.73 bits per heavy atom. The summed E-state index contributed by atoms with van der Waals surface area (Å²) in [6.45, 7) is 0. The number of hydrazine groups is 1. The van der Waals surface area contributed by atoms with Crippen LogP contribution < -0.4 is 10.9 Å². The second-order valence-corrected chi connectivity index (χ2v) is 8.80. The molecule has 0 radical (unpaired) electrons. The highest BCUT2D eigenvalue weighted by Crippen LogP contribution is 2.23. The van der Waals surface area contributed by atoms with Crippen LogP contribution in [-0.2, 0) is 14.6 Å². The summed E-state index contributed by atoms with van der Waals surface area (Å²) in [7, 11) is -2.94. The minimum absolute atomic E-state index is 0.0561. The quantitative estimate of drug-likeness (QED) is 0.780. The topological polar surface area (TPSA) is 92.3 Å². The fourth-order valence-electron chi connectivity index (χ4n) is 1.95. The highest BCUT2D eigenvalue weighted by Gasteiger charge is 2.28. The first-order valence-corrected chi connectivity index (χ1v) is 9.77. The average Bonchev–Trinajstić information content (AvgIpc) is 2.82. The molecular weight excluding hydrogens is 348 g/mol. The first kappa shape index (κ1) is 17.1. The van der Waals surface area contributed by atoms with E-state index in [-0.39, 0.29) is 28.4 Å². The van der Waals surface area contributed by atoms with Gasteiger partial charge in [-0.3, -0.25) is 20.4 Å². The van der Waals surface area contributed by atoms with Crippen LogP contribution in [0.5, 0.6) is 0 Å². The maximum atomic E-state index is 11.8. The third-order valence-corrected chi connectivity index (χ3v) is 6.56. The van der Waals surface area contributed by atoms with Gasteiger partial charge >= 0.3 is 0 Å². The van der Waals surface area contributed by atoms with E-state index in [9.17, 15) is 18.0 Å².